The number of rotatable bonds is 7. The van der Waals surface area contributed by atoms with Gasteiger partial charge in [0, 0.05) is 99.6 Å². The number of nitrogens with one attached hydrogen (secondary N) is 1. The van der Waals surface area contributed by atoms with Crippen LogP contribution >= 0.6 is 0 Å². The minimum absolute atomic E-state index is 0. The molecule has 3 rings (SSSR count). The van der Waals surface area contributed by atoms with Gasteiger partial charge in [-0.2, -0.15) is 0 Å². The molecule has 6 atom stereocenters. The first-order valence-corrected chi connectivity index (χ1v) is 10.8. The van der Waals surface area contributed by atoms with Crippen LogP contribution in [0.25, 0.3) is 0 Å². The summed E-state index contributed by atoms with van der Waals surface area (Å²) in [6.45, 7) is 8.74. The summed E-state index contributed by atoms with van der Waals surface area (Å²) in [4.78, 5) is 24.0. The van der Waals surface area contributed by atoms with E-state index in [-0.39, 0.29) is 137 Å². The monoisotopic (exact) mass is 875 g/mol. The topological polar surface area (TPSA) is 105 Å². The van der Waals surface area contributed by atoms with Gasteiger partial charge >= 0.3 is 11.9 Å². The number of methoxy groups -OCH3 is 1. The minimum Gasteiger partial charge on any atom is -0.468 e. The standard InChI is InChI=1S/C23H35NO6.2Ac/c1-14-5-6-18-22(2,9-7-19(26)23(18,3)13-25)16(14)11-17(24-12-20(27)29-4)15-8-10-30-21(15)28;;/h8,16-19,24-26H,1,5-7,9-13H2,2-4H3;;/t16-,17?,18?,19?,22+,23-;;/m0../s1. The molecule has 3 N–H and O–H groups in total. The Morgan fingerprint density at radius 1 is 1.38 bits per heavy atom. The third-order valence-electron chi connectivity index (χ3n) is 8.01. The van der Waals surface area contributed by atoms with Crippen LogP contribution in [0.4, 0.5) is 0 Å². The van der Waals surface area contributed by atoms with Crippen molar-refractivity contribution in [2.45, 2.75) is 58.1 Å². The van der Waals surface area contributed by atoms with E-state index in [0.717, 1.165) is 24.8 Å². The Labute approximate surface area is 262 Å². The Bertz CT molecular complexity index is 744. The molecule has 0 amide bonds. The number of carbonyl (C=O) groups is 2. The van der Waals surface area contributed by atoms with Gasteiger partial charge in [-0.25, -0.2) is 4.79 Å². The molecule has 1 heterocycles. The van der Waals surface area contributed by atoms with Crippen LogP contribution in [-0.2, 0) is 19.1 Å². The first kappa shape index (κ1) is 31.2. The summed E-state index contributed by atoms with van der Waals surface area (Å²) in [5, 5.41) is 24.0. The van der Waals surface area contributed by atoms with Crippen molar-refractivity contribution < 1.29 is 117 Å². The fourth-order valence-corrected chi connectivity index (χ4v) is 6.13. The maximum absolute atomic E-state index is 12.3. The molecule has 0 bridgehead atoms. The molecule has 0 aromatic heterocycles. The van der Waals surface area contributed by atoms with Crippen LogP contribution in [0.5, 0.6) is 0 Å². The van der Waals surface area contributed by atoms with E-state index >= 15 is 0 Å². The summed E-state index contributed by atoms with van der Waals surface area (Å²) in [5.74, 6) is -0.536. The zero-order chi connectivity index (χ0) is 22.1. The number of esters is 2. The van der Waals surface area contributed by atoms with E-state index in [1.807, 2.05) is 6.92 Å². The average molecular weight is 876 g/mol. The number of hydrogen-bond donors (Lipinski definition) is 3. The molecule has 2 radical (unpaired) electrons. The smallest absolute Gasteiger partial charge is 0.335 e. The molecule has 3 unspecified atom stereocenters. The van der Waals surface area contributed by atoms with Crippen molar-refractivity contribution in [2.75, 3.05) is 26.9 Å². The van der Waals surface area contributed by atoms with Gasteiger partial charge in [-0.3, -0.25) is 10.1 Å². The van der Waals surface area contributed by atoms with Crippen LogP contribution in [0.15, 0.2) is 23.8 Å². The number of cyclic esters (lactones) is 1. The number of aliphatic hydroxyl groups excluding tert-OH is 2. The number of allylic oxidation sites excluding steroid dienone is 1. The summed E-state index contributed by atoms with van der Waals surface area (Å²) in [6, 6.07) is -0.358. The Kier molecular flexibility index (Phi) is 12.6. The van der Waals surface area contributed by atoms with Crippen molar-refractivity contribution in [2.24, 2.45) is 22.7 Å². The van der Waals surface area contributed by atoms with Gasteiger partial charge in [0.05, 0.1) is 31.9 Å². The first-order valence-electron chi connectivity index (χ1n) is 10.8. The molecule has 3 aliphatic rings. The van der Waals surface area contributed by atoms with Gasteiger partial charge in [0.25, 0.3) is 0 Å². The molecule has 1 aliphatic heterocycles. The van der Waals surface area contributed by atoms with E-state index in [2.05, 4.69) is 18.8 Å². The molecule has 0 spiro atoms. The summed E-state index contributed by atoms with van der Waals surface area (Å²) >= 11 is 0. The summed E-state index contributed by atoms with van der Waals surface area (Å²) in [5.41, 5.74) is 0.938. The molecule has 0 aromatic carbocycles. The fourth-order valence-electron chi connectivity index (χ4n) is 6.13. The zero-order valence-corrected chi connectivity index (χ0v) is 28.9. The van der Waals surface area contributed by atoms with Gasteiger partial charge in [-0.1, -0.05) is 26.0 Å². The molecular formula is C23H35Ac2NO6. The fraction of sp³-hybridized carbons (Fsp3) is 0.739. The van der Waals surface area contributed by atoms with Crippen molar-refractivity contribution in [3.05, 3.63) is 23.8 Å². The second-order valence-electron chi connectivity index (χ2n) is 9.53. The van der Waals surface area contributed by atoms with E-state index in [0.29, 0.717) is 18.4 Å². The molecule has 174 valence electrons. The SMILES string of the molecule is C=C1CCC2[C@](C)(CO)C(O)CC[C@]2(C)[C@H]1CC(NCC(=O)OC)C1=CCOC1=O.[Ac].[Ac]. The quantitative estimate of drug-likeness (QED) is 0.265. The average Bonchev–Trinajstić information content (AvgIpc) is 3.15. The summed E-state index contributed by atoms with van der Waals surface area (Å²) in [7, 11) is 1.33. The minimum atomic E-state index is -0.563. The second-order valence-corrected chi connectivity index (χ2v) is 9.53. The van der Waals surface area contributed by atoms with Gasteiger partial charge in [0.15, 0.2) is 0 Å². The predicted molar refractivity (Wildman–Crippen MR) is 111 cm³/mol. The molecule has 0 aromatic rings. The van der Waals surface area contributed by atoms with E-state index in [1.165, 1.54) is 7.11 Å². The molecule has 2 saturated carbocycles. The summed E-state index contributed by atoms with van der Waals surface area (Å²) in [6.07, 6.45) is 4.98. The number of aliphatic hydroxyl groups is 2. The van der Waals surface area contributed by atoms with Crippen molar-refractivity contribution >= 4 is 11.9 Å². The van der Waals surface area contributed by atoms with Crippen LogP contribution in [-0.4, -0.2) is 61.2 Å². The first-order chi connectivity index (χ1) is 14.2. The number of ether oxygens (including phenoxy) is 2. The third kappa shape index (κ3) is 6.11. The van der Waals surface area contributed by atoms with Crippen LogP contribution in [0.3, 0.4) is 0 Å². The maximum Gasteiger partial charge on any atom is 0.335 e. The third-order valence-corrected chi connectivity index (χ3v) is 8.01. The van der Waals surface area contributed by atoms with Crippen molar-refractivity contribution in [1.29, 1.82) is 0 Å². The molecule has 7 nitrogen and oxygen atoms in total. The van der Waals surface area contributed by atoms with Crippen molar-refractivity contribution in [3.63, 3.8) is 0 Å². The number of hydrogen-bond acceptors (Lipinski definition) is 7. The molecule has 32 heavy (non-hydrogen) atoms. The van der Waals surface area contributed by atoms with Crippen LogP contribution < -0.4 is 5.32 Å². The van der Waals surface area contributed by atoms with Gasteiger partial charge < -0.3 is 19.7 Å². The molecule has 2 fully saturated rings. The van der Waals surface area contributed by atoms with Gasteiger partial charge in [0.2, 0.25) is 0 Å². The Morgan fingerprint density at radius 2 is 2.06 bits per heavy atom. The Morgan fingerprint density at radius 3 is 2.62 bits per heavy atom. The second kappa shape index (κ2) is 12.9. The molecule has 9 heteroatoms. The number of fused-ring (bicyclic) bond motifs is 1. The summed E-state index contributed by atoms with van der Waals surface area (Å²) < 4.78 is 9.87. The van der Waals surface area contributed by atoms with Crippen LogP contribution in [0, 0.1) is 111 Å². The van der Waals surface area contributed by atoms with Crippen LogP contribution in [0.1, 0.15) is 46.0 Å². The van der Waals surface area contributed by atoms with E-state index < -0.39 is 17.5 Å². The van der Waals surface area contributed by atoms with Gasteiger partial charge in [0.1, 0.15) is 6.61 Å². The zero-order valence-electron chi connectivity index (χ0n) is 19.4. The van der Waals surface area contributed by atoms with E-state index in [1.54, 1.807) is 6.08 Å². The normalized spacial score (nSPS) is 34.9. The van der Waals surface area contributed by atoms with E-state index in [9.17, 15) is 19.8 Å². The molecular weight excluding hydrogens is 840 g/mol. The molecule has 0 saturated heterocycles. The van der Waals surface area contributed by atoms with Gasteiger partial charge in [-0.15, -0.1) is 0 Å². The number of carbonyl (C=O) groups excluding carboxylic acids is 2. The Balaban J connectivity index is 0.00000256. The Hall–Kier alpha value is 1.18. The van der Waals surface area contributed by atoms with Gasteiger partial charge in [-0.05, 0) is 55.4 Å². The van der Waals surface area contributed by atoms with E-state index in [4.69, 9.17) is 9.47 Å². The van der Waals surface area contributed by atoms with Crippen molar-refractivity contribution in [1.82, 2.24) is 5.32 Å². The van der Waals surface area contributed by atoms with Crippen LogP contribution in [0.2, 0.25) is 0 Å². The predicted octanol–water partition coefficient (Wildman–Crippen LogP) is 1.73. The maximum atomic E-state index is 12.3. The molecule has 2 aliphatic carbocycles. The largest absolute Gasteiger partial charge is 0.468 e. The van der Waals surface area contributed by atoms with Crippen molar-refractivity contribution in [3.8, 4) is 0 Å².